The summed E-state index contributed by atoms with van der Waals surface area (Å²) in [6, 6.07) is 1.16. The van der Waals surface area contributed by atoms with Gasteiger partial charge in [0, 0.05) is 0 Å². The van der Waals surface area contributed by atoms with Gasteiger partial charge in [-0.2, -0.15) is 0 Å². The molecule has 0 N–H and O–H groups in total. The topological polar surface area (TPSA) is 36.9 Å². The zero-order valence-electron chi connectivity index (χ0n) is 13.6. The van der Waals surface area contributed by atoms with Crippen molar-refractivity contribution in [2.24, 2.45) is 0 Å². The van der Waals surface area contributed by atoms with Crippen LogP contribution in [0.5, 0.6) is 0 Å². The molecule has 0 aliphatic rings. The number of hydrogen-bond acceptors (Lipinski definition) is 4. The van der Waals surface area contributed by atoms with Gasteiger partial charge in [0.15, 0.2) is 0 Å². The van der Waals surface area contributed by atoms with E-state index < -0.39 is 0 Å². The van der Waals surface area contributed by atoms with E-state index in [0.29, 0.717) is 9.76 Å². The SMILES string of the molecule is CCCCCCCCCCCCC[Si]O[Si]O[Si]O[Si]O[Si]. The van der Waals surface area contributed by atoms with Gasteiger partial charge >= 0.3 is 30.0 Å². The van der Waals surface area contributed by atoms with Gasteiger partial charge in [-0.3, -0.25) is 0 Å². The minimum atomic E-state index is -0.0222. The fourth-order valence-corrected chi connectivity index (χ4v) is 4.97. The summed E-state index contributed by atoms with van der Waals surface area (Å²) in [5, 5.41) is 0. The second kappa shape index (κ2) is 21.9. The minimum Gasteiger partial charge on any atom is -0.435 e. The van der Waals surface area contributed by atoms with Crippen molar-refractivity contribution in [1.82, 2.24) is 0 Å². The Morgan fingerprint density at radius 3 is 1.73 bits per heavy atom. The summed E-state index contributed by atoms with van der Waals surface area (Å²) in [5.41, 5.74) is 0. The summed E-state index contributed by atoms with van der Waals surface area (Å²) in [6.45, 7) is 2.27. The van der Waals surface area contributed by atoms with Crippen LogP contribution in [0.15, 0.2) is 0 Å². The van der Waals surface area contributed by atoms with Gasteiger partial charge < -0.3 is 16.5 Å². The third-order valence-electron chi connectivity index (χ3n) is 3.20. The molecule has 0 heterocycles. The second-order valence-corrected chi connectivity index (χ2v) is 9.64. The number of unbranched alkanes of at least 4 members (excludes halogenated alkanes) is 10. The van der Waals surface area contributed by atoms with Gasteiger partial charge in [-0.25, -0.2) is 0 Å². The molecular formula is C13H27O4Si5. The molecule has 0 saturated heterocycles. The van der Waals surface area contributed by atoms with Gasteiger partial charge in [0.1, 0.15) is 0 Å². The molecule has 0 atom stereocenters. The van der Waals surface area contributed by atoms with E-state index in [2.05, 4.69) is 21.5 Å². The van der Waals surface area contributed by atoms with Gasteiger partial charge in [-0.05, 0) is 6.04 Å². The molecule has 4 nitrogen and oxygen atoms in total. The third kappa shape index (κ3) is 20.9. The van der Waals surface area contributed by atoms with E-state index in [1.807, 2.05) is 0 Å². The van der Waals surface area contributed by atoms with Crippen LogP contribution in [0.4, 0.5) is 0 Å². The number of hydrogen-bond donors (Lipinski definition) is 0. The van der Waals surface area contributed by atoms with Crippen LogP contribution in [0, 0.1) is 0 Å². The predicted molar refractivity (Wildman–Crippen MR) is 94.4 cm³/mol. The molecule has 9 heteroatoms. The van der Waals surface area contributed by atoms with E-state index in [-0.39, 0.29) is 30.0 Å². The van der Waals surface area contributed by atoms with Gasteiger partial charge in [0.25, 0.3) is 0 Å². The van der Waals surface area contributed by atoms with Gasteiger partial charge in [-0.1, -0.05) is 77.6 Å². The van der Waals surface area contributed by atoms with Crippen LogP contribution >= 0.6 is 0 Å². The van der Waals surface area contributed by atoms with Crippen molar-refractivity contribution in [1.29, 1.82) is 0 Å². The molecule has 0 rings (SSSR count). The molecule has 11 radical (unpaired) electrons. The molecule has 0 amide bonds. The van der Waals surface area contributed by atoms with Crippen molar-refractivity contribution < 1.29 is 16.5 Å². The van der Waals surface area contributed by atoms with Crippen LogP contribution in [-0.2, 0) is 16.5 Å². The van der Waals surface area contributed by atoms with Crippen LogP contribution in [0.25, 0.3) is 0 Å². The normalized spacial score (nSPS) is 11.2. The largest absolute Gasteiger partial charge is 0.435 e. The molecular weight excluding hydrogens is 361 g/mol. The van der Waals surface area contributed by atoms with Gasteiger partial charge in [0.05, 0.1) is 0 Å². The summed E-state index contributed by atoms with van der Waals surface area (Å²) in [7, 11) is 3.47. The minimum absolute atomic E-state index is 0.00180. The van der Waals surface area contributed by atoms with E-state index in [9.17, 15) is 0 Å². The van der Waals surface area contributed by atoms with Crippen molar-refractivity contribution >= 4 is 50.3 Å². The molecule has 0 saturated carbocycles. The molecule has 123 valence electrons. The fraction of sp³-hybridized carbons (Fsp3) is 1.00. The number of rotatable bonds is 19. The Hall–Kier alpha value is 0.924. The smallest absolute Gasteiger partial charge is 0.412 e. The van der Waals surface area contributed by atoms with E-state index in [1.165, 1.54) is 70.6 Å². The highest BCUT2D eigenvalue weighted by Crippen LogP contribution is 2.11. The molecule has 0 fully saturated rings. The first-order valence-corrected chi connectivity index (χ1v) is 12.2. The van der Waals surface area contributed by atoms with Crippen molar-refractivity contribution in [2.75, 3.05) is 0 Å². The van der Waals surface area contributed by atoms with E-state index in [0.717, 1.165) is 6.04 Å². The molecule has 0 aliphatic carbocycles. The summed E-state index contributed by atoms with van der Waals surface area (Å²) >= 11 is 0. The lowest BCUT2D eigenvalue weighted by Crippen LogP contribution is -2.15. The lowest BCUT2D eigenvalue weighted by atomic mass is 10.1. The lowest BCUT2D eigenvalue weighted by Gasteiger charge is -2.03. The molecule has 0 spiro atoms. The molecule has 0 aromatic heterocycles. The van der Waals surface area contributed by atoms with Gasteiger partial charge in [-0.15, -0.1) is 0 Å². The maximum atomic E-state index is 5.42. The highest BCUT2D eigenvalue weighted by atomic mass is 28.4. The fourth-order valence-electron chi connectivity index (χ4n) is 2.04. The first-order valence-electron chi connectivity index (χ1n) is 8.19. The first kappa shape index (κ1) is 22.9. The highest BCUT2D eigenvalue weighted by Gasteiger charge is 1.99. The maximum Gasteiger partial charge on any atom is 0.412 e. The van der Waals surface area contributed by atoms with Crippen molar-refractivity contribution in [3.8, 4) is 0 Å². The Morgan fingerprint density at radius 2 is 1.14 bits per heavy atom. The van der Waals surface area contributed by atoms with Crippen LogP contribution in [0.2, 0.25) is 6.04 Å². The average molecular weight is 388 g/mol. The Balaban J connectivity index is 2.91. The first-order chi connectivity index (χ1) is 10.9. The third-order valence-corrected chi connectivity index (χ3v) is 6.34. The van der Waals surface area contributed by atoms with E-state index >= 15 is 0 Å². The second-order valence-electron chi connectivity index (χ2n) is 5.09. The van der Waals surface area contributed by atoms with Crippen molar-refractivity contribution in [3.05, 3.63) is 0 Å². The molecule has 0 aliphatic heterocycles. The molecule has 0 aromatic rings. The zero-order chi connectivity index (χ0) is 16.1. The quantitative estimate of drug-likeness (QED) is 0.252. The Labute approximate surface area is 150 Å². The Morgan fingerprint density at radius 1 is 0.636 bits per heavy atom. The van der Waals surface area contributed by atoms with Crippen LogP contribution in [0.3, 0.4) is 0 Å². The van der Waals surface area contributed by atoms with E-state index in [1.54, 1.807) is 0 Å². The summed E-state index contributed by atoms with van der Waals surface area (Å²) in [6.07, 6.45) is 15.3. The van der Waals surface area contributed by atoms with Crippen molar-refractivity contribution in [2.45, 2.75) is 83.6 Å². The highest BCUT2D eigenvalue weighted by molar-refractivity contribution is 6.46. The summed E-state index contributed by atoms with van der Waals surface area (Å²) < 4.78 is 20.1. The van der Waals surface area contributed by atoms with E-state index in [4.69, 9.17) is 12.3 Å². The zero-order valence-corrected chi connectivity index (χ0v) is 18.6. The predicted octanol–water partition coefficient (Wildman–Crippen LogP) is 3.09. The van der Waals surface area contributed by atoms with Crippen LogP contribution in [0.1, 0.15) is 77.6 Å². The standard InChI is InChI=1S/C13H27O4Si5/c1-2-3-4-5-6-7-8-9-10-11-12-13-19-15-21-17-22-16-20-14-18/h2-13H2,1H3. The molecule has 0 bridgehead atoms. The van der Waals surface area contributed by atoms with Gasteiger partial charge in [0.2, 0.25) is 20.2 Å². The monoisotopic (exact) mass is 387 g/mol. The molecule has 0 unspecified atom stereocenters. The molecule has 22 heavy (non-hydrogen) atoms. The Bertz CT molecular complexity index is 183. The Kier molecular flexibility index (Phi) is 22.8. The molecule has 0 aromatic carbocycles. The average Bonchev–Trinajstić information content (AvgIpc) is 2.54. The summed E-state index contributed by atoms with van der Waals surface area (Å²) in [5.74, 6) is 0. The van der Waals surface area contributed by atoms with Crippen molar-refractivity contribution in [3.63, 3.8) is 0 Å². The van der Waals surface area contributed by atoms with Crippen LogP contribution < -0.4 is 0 Å². The maximum absolute atomic E-state index is 5.42. The summed E-state index contributed by atoms with van der Waals surface area (Å²) in [4.78, 5) is 0. The van der Waals surface area contributed by atoms with Crippen LogP contribution in [-0.4, -0.2) is 50.3 Å². The lowest BCUT2D eigenvalue weighted by molar-refractivity contribution is 0.406.